The number of rotatable bonds is 5. The zero-order valence-electron chi connectivity index (χ0n) is 13.9. The number of carboxylic acid groups (broad SMARTS) is 1. The number of carbonyl (C=O) groups is 2. The molecule has 5 heteroatoms. The molecule has 2 aliphatic carbocycles. The van der Waals surface area contributed by atoms with Crippen LogP contribution in [0, 0.1) is 17.3 Å². The van der Waals surface area contributed by atoms with Gasteiger partial charge in [0.25, 0.3) is 0 Å². The summed E-state index contributed by atoms with van der Waals surface area (Å²) < 4.78 is 5.25. The van der Waals surface area contributed by atoms with Gasteiger partial charge in [0.2, 0.25) is 0 Å². The zero-order chi connectivity index (χ0) is 16.5. The average Bonchev–Trinajstić information content (AvgIpc) is 2.70. The predicted octanol–water partition coefficient (Wildman–Crippen LogP) is 3.35. The Morgan fingerprint density at radius 2 is 2.14 bits per heavy atom. The van der Waals surface area contributed by atoms with E-state index in [4.69, 9.17) is 4.74 Å². The van der Waals surface area contributed by atoms with Gasteiger partial charge in [0.05, 0.1) is 6.42 Å². The number of nitrogens with one attached hydrogen (secondary N) is 1. The molecule has 1 amide bonds. The summed E-state index contributed by atoms with van der Waals surface area (Å²) in [6.45, 7) is 7.93. The maximum absolute atomic E-state index is 11.8. The van der Waals surface area contributed by atoms with Crippen molar-refractivity contribution in [2.75, 3.05) is 6.54 Å². The molecule has 124 valence electrons. The molecule has 2 aliphatic rings. The maximum atomic E-state index is 11.8. The fourth-order valence-corrected chi connectivity index (χ4v) is 3.86. The summed E-state index contributed by atoms with van der Waals surface area (Å²) >= 11 is 0. The van der Waals surface area contributed by atoms with E-state index >= 15 is 0 Å². The van der Waals surface area contributed by atoms with E-state index in [1.54, 1.807) is 0 Å². The van der Waals surface area contributed by atoms with Gasteiger partial charge in [-0.2, -0.15) is 0 Å². The van der Waals surface area contributed by atoms with E-state index in [0.29, 0.717) is 12.5 Å². The first kappa shape index (κ1) is 16.8. The third-order valence-corrected chi connectivity index (χ3v) is 4.76. The molecule has 0 radical (unpaired) electrons. The lowest BCUT2D eigenvalue weighted by molar-refractivity contribution is -0.144. The molecule has 3 atom stereocenters. The van der Waals surface area contributed by atoms with Crippen molar-refractivity contribution in [3.8, 4) is 0 Å². The normalized spacial score (nSPS) is 30.1. The number of hydrogen-bond donors (Lipinski definition) is 2. The molecule has 5 nitrogen and oxygen atoms in total. The van der Waals surface area contributed by atoms with Crippen LogP contribution in [0.1, 0.15) is 53.4 Å². The second-order valence-corrected chi connectivity index (χ2v) is 7.66. The van der Waals surface area contributed by atoms with Crippen molar-refractivity contribution < 1.29 is 19.4 Å². The highest BCUT2D eigenvalue weighted by Crippen LogP contribution is 2.59. The second-order valence-electron chi connectivity index (χ2n) is 7.66. The number of carboxylic acids is 1. The number of amides is 1. The fraction of sp³-hybridized carbons (Fsp3) is 0.765. The van der Waals surface area contributed by atoms with Gasteiger partial charge in [-0.1, -0.05) is 18.6 Å². The highest BCUT2D eigenvalue weighted by molar-refractivity contribution is 5.70. The highest BCUT2D eigenvalue weighted by atomic mass is 16.6. The molecule has 1 fully saturated rings. The minimum absolute atomic E-state index is 0.0947. The van der Waals surface area contributed by atoms with Crippen molar-refractivity contribution in [3.05, 3.63) is 11.6 Å². The number of ether oxygens (including phenoxy) is 1. The van der Waals surface area contributed by atoms with Crippen LogP contribution in [0.2, 0.25) is 0 Å². The van der Waals surface area contributed by atoms with E-state index in [2.05, 4.69) is 18.3 Å². The smallest absolute Gasteiger partial charge is 0.407 e. The molecule has 2 N–H and O–H groups in total. The van der Waals surface area contributed by atoms with Crippen LogP contribution in [0.25, 0.3) is 0 Å². The molecular formula is C17H27NO4. The number of fused-ring (bicyclic) bond motifs is 1. The molecular weight excluding hydrogens is 282 g/mol. The van der Waals surface area contributed by atoms with Crippen molar-refractivity contribution in [2.24, 2.45) is 17.3 Å². The molecule has 0 saturated heterocycles. The summed E-state index contributed by atoms with van der Waals surface area (Å²) in [5.74, 6) is 0.0195. The van der Waals surface area contributed by atoms with Gasteiger partial charge in [-0.05, 0) is 51.9 Å². The summed E-state index contributed by atoms with van der Waals surface area (Å²) in [7, 11) is 0. The van der Waals surface area contributed by atoms with Crippen LogP contribution >= 0.6 is 0 Å². The van der Waals surface area contributed by atoms with Gasteiger partial charge in [0.1, 0.15) is 5.60 Å². The van der Waals surface area contributed by atoms with Crippen molar-refractivity contribution in [3.63, 3.8) is 0 Å². The lowest BCUT2D eigenvalue weighted by Crippen LogP contribution is -2.53. The van der Waals surface area contributed by atoms with Crippen molar-refractivity contribution in [1.29, 1.82) is 0 Å². The first-order valence-corrected chi connectivity index (χ1v) is 8.03. The lowest BCUT2D eigenvalue weighted by atomic mass is 9.53. The Bertz CT molecular complexity index is 491. The Labute approximate surface area is 132 Å². The Morgan fingerprint density at radius 1 is 1.45 bits per heavy atom. The van der Waals surface area contributed by atoms with Crippen LogP contribution in [-0.2, 0) is 9.53 Å². The molecule has 1 unspecified atom stereocenters. The Kier molecular flexibility index (Phi) is 4.54. The third-order valence-electron chi connectivity index (χ3n) is 4.76. The minimum Gasteiger partial charge on any atom is -0.481 e. The van der Waals surface area contributed by atoms with E-state index < -0.39 is 17.7 Å². The largest absolute Gasteiger partial charge is 0.481 e. The van der Waals surface area contributed by atoms with Crippen LogP contribution in [0.3, 0.4) is 0 Å². The molecule has 0 aliphatic heterocycles. The van der Waals surface area contributed by atoms with E-state index in [1.807, 2.05) is 20.8 Å². The van der Waals surface area contributed by atoms with Gasteiger partial charge in [-0.15, -0.1) is 0 Å². The summed E-state index contributed by atoms with van der Waals surface area (Å²) in [4.78, 5) is 23.1. The van der Waals surface area contributed by atoms with Gasteiger partial charge in [0.15, 0.2) is 0 Å². The van der Waals surface area contributed by atoms with Gasteiger partial charge in [0, 0.05) is 12.0 Å². The Hall–Kier alpha value is -1.52. The highest BCUT2D eigenvalue weighted by Gasteiger charge is 2.55. The quantitative estimate of drug-likeness (QED) is 0.764. The summed E-state index contributed by atoms with van der Waals surface area (Å²) in [6, 6.07) is 0. The minimum atomic E-state index is -0.803. The van der Waals surface area contributed by atoms with Crippen LogP contribution in [-0.4, -0.2) is 29.3 Å². The summed E-state index contributed by atoms with van der Waals surface area (Å²) in [5.41, 5.74) is 0.513. The van der Waals surface area contributed by atoms with Gasteiger partial charge in [-0.3, -0.25) is 4.79 Å². The maximum Gasteiger partial charge on any atom is 0.407 e. The predicted molar refractivity (Wildman–Crippen MR) is 83.5 cm³/mol. The number of hydrogen-bond acceptors (Lipinski definition) is 3. The number of alkyl carbamates (subject to hydrolysis) is 1. The molecule has 2 rings (SSSR count). The Balaban J connectivity index is 2.01. The van der Waals surface area contributed by atoms with Crippen LogP contribution in [0.4, 0.5) is 4.79 Å². The summed E-state index contributed by atoms with van der Waals surface area (Å²) in [6.07, 6.45) is 4.83. The molecule has 0 bridgehead atoms. The monoisotopic (exact) mass is 309 g/mol. The molecule has 0 aromatic carbocycles. The van der Waals surface area contributed by atoms with E-state index in [-0.39, 0.29) is 17.8 Å². The molecule has 0 heterocycles. The first-order chi connectivity index (χ1) is 10.1. The van der Waals surface area contributed by atoms with Crippen LogP contribution < -0.4 is 5.32 Å². The molecule has 22 heavy (non-hydrogen) atoms. The van der Waals surface area contributed by atoms with E-state index in [9.17, 15) is 14.7 Å². The first-order valence-electron chi connectivity index (χ1n) is 8.03. The molecule has 0 aromatic rings. The fourth-order valence-electron chi connectivity index (χ4n) is 3.86. The average molecular weight is 309 g/mol. The van der Waals surface area contributed by atoms with E-state index in [1.165, 1.54) is 5.57 Å². The second kappa shape index (κ2) is 5.94. The Morgan fingerprint density at radius 3 is 2.68 bits per heavy atom. The molecule has 1 saturated carbocycles. The number of aliphatic carboxylic acids is 1. The lowest BCUT2D eigenvalue weighted by Gasteiger charge is -2.51. The van der Waals surface area contributed by atoms with Gasteiger partial charge in [-0.25, -0.2) is 4.79 Å². The SMILES string of the molecule is CCC1=C[C@@H]2[C@H](C1)CC2(CNC(=O)OC(C)(C)C)CC(=O)O. The number of carbonyl (C=O) groups excluding carboxylic acids is 1. The van der Waals surface area contributed by atoms with Crippen LogP contribution in [0.5, 0.6) is 0 Å². The van der Waals surface area contributed by atoms with Gasteiger partial charge >= 0.3 is 12.1 Å². The van der Waals surface area contributed by atoms with Crippen LogP contribution in [0.15, 0.2) is 11.6 Å². The zero-order valence-corrected chi connectivity index (χ0v) is 13.9. The third kappa shape index (κ3) is 3.62. The summed E-state index contributed by atoms with van der Waals surface area (Å²) in [5, 5.41) is 12.0. The van der Waals surface area contributed by atoms with Crippen molar-refractivity contribution in [1.82, 2.24) is 5.32 Å². The standard InChI is InChI=1S/C17H27NO4/c1-5-11-6-12-8-17(9-14(19)20,13(12)7-11)10-18-15(21)22-16(2,3)4/h7,12-13H,5-6,8-10H2,1-4H3,(H,18,21)(H,19,20)/t12-,13-,17?/m1/s1. The molecule has 0 spiro atoms. The van der Waals surface area contributed by atoms with E-state index in [0.717, 1.165) is 19.3 Å². The van der Waals surface area contributed by atoms with Gasteiger partial charge < -0.3 is 15.2 Å². The molecule has 0 aromatic heterocycles. The number of allylic oxidation sites excluding steroid dienone is 2. The van der Waals surface area contributed by atoms with Crippen molar-refractivity contribution >= 4 is 12.1 Å². The topological polar surface area (TPSA) is 75.6 Å². The van der Waals surface area contributed by atoms with Crippen molar-refractivity contribution in [2.45, 2.75) is 59.0 Å².